The van der Waals surface area contributed by atoms with E-state index in [0.717, 1.165) is 5.75 Å². The number of thioether (sulfide) groups is 1. The molecule has 0 aliphatic heterocycles. The van der Waals surface area contributed by atoms with E-state index in [9.17, 15) is 4.39 Å². The zero-order valence-electron chi connectivity index (χ0n) is 8.06. The summed E-state index contributed by atoms with van der Waals surface area (Å²) >= 11 is 1.49. The first-order valence-corrected chi connectivity index (χ1v) is 5.61. The van der Waals surface area contributed by atoms with Crippen LogP contribution in [0.1, 0.15) is 5.56 Å². The predicted molar refractivity (Wildman–Crippen MR) is 60.2 cm³/mol. The first kappa shape index (κ1) is 10.2. The SMILES string of the molecule is Fc1cnccc1SCc1ccccc1. The van der Waals surface area contributed by atoms with Crippen molar-refractivity contribution in [2.24, 2.45) is 0 Å². The fourth-order valence-corrected chi connectivity index (χ4v) is 2.08. The lowest BCUT2D eigenvalue weighted by atomic mass is 10.2. The van der Waals surface area contributed by atoms with Gasteiger partial charge in [-0.25, -0.2) is 4.39 Å². The number of hydrogen-bond acceptors (Lipinski definition) is 2. The molecule has 0 spiro atoms. The van der Waals surface area contributed by atoms with Crippen LogP contribution in [0.5, 0.6) is 0 Å². The van der Waals surface area contributed by atoms with Gasteiger partial charge in [-0.05, 0) is 11.6 Å². The standard InChI is InChI=1S/C12H10FNS/c13-11-8-14-7-6-12(11)15-9-10-4-2-1-3-5-10/h1-8H,9H2. The molecule has 3 heteroatoms. The van der Waals surface area contributed by atoms with Crippen LogP contribution in [-0.2, 0) is 5.75 Å². The fourth-order valence-electron chi connectivity index (χ4n) is 1.21. The minimum absolute atomic E-state index is 0.251. The first-order chi connectivity index (χ1) is 7.36. The Morgan fingerprint density at radius 3 is 2.67 bits per heavy atom. The van der Waals surface area contributed by atoms with Crippen LogP contribution in [0.25, 0.3) is 0 Å². The maximum absolute atomic E-state index is 13.2. The number of pyridine rings is 1. The lowest BCUT2D eigenvalue weighted by Crippen LogP contribution is -1.84. The second kappa shape index (κ2) is 4.94. The van der Waals surface area contributed by atoms with Gasteiger partial charge in [-0.1, -0.05) is 30.3 Å². The van der Waals surface area contributed by atoms with Gasteiger partial charge >= 0.3 is 0 Å². The fraction of sp³-hybridized carbons (Fsp3) is 0.0833. The number of aromatic nitrogens is 1. The summed E-state index contributed by atoms with van der Waals surface area (Å²) in [4.78, 5) is 4.36. The van der Waals surface area contributed by atoms with Gasteiger partial charge in [0.2, 0.25) is 0 Å². The van der Waals surface area contributed by atoms with Gasteiger partial charge in [0, 0.05) is 16.8 Å². The third kappa shape index (κ3) is 2.80. The minimum Gasteiger partial charge on any atom is -0.262 e. The maximum atomic E-state index is 13.2. The number of halogens is 1. The predicted octanol–water partition coefficient (Wildman–Crippen LogP) is 3.51. The van der Waals surface area contributed by atoms with Gasteiger partial charge in [0.25, 0.3) is 0 Å². The average molecular weight is 219 g/mol. The van der Waals surface area contributed by atoms with Crippen LogP contribution in [0.2, 0.25) is 0 Å². The summed E-state index contributed by atoms with van der Waals surface area (Å²) in [6.07, 6.45) is 2.85. The number of rotatable bonds is 3. The minimum atomic E-state index is -0.251. The highest BCUT2D eigenvalue weighted by atomic mass is 32.2. The van der Waals surface area contributed by atoms with Gasteiger partial charge < -0.3 is 0 Å². The number of benzene rings is 1. The molecule has 0 radical (unpaired) electrons. The Morgan fingerprint density at radius 2 is 1.93 bits per heavy atom. The van der Waals surface area contributed by atoms with Crippen molar-refractivity contribution in [1.29, 1.82) is 0 Å². The van der Waals surface area contributed by atoms with Crippen LogP contribution < -0.4 is 0 Å². The van der Waals surface area contributed by atoms with Crippen molar-refractivity contribution in [3.63, 3.8) is 0 Å². The van der Waals surface area contributed by atoms with Crippen molar-refractivity contribution in [3.05, 3.63) is 60.2 Å². The van der Waals surface area contributed by atoms with Crippen LogP contribution in [0.15, 0.2) is 53.7 Å². The van der Waals surface area contributed by atoms with E-state index in [1.54, 1.807) is 12.3 Å². The van der Waals surface area contributed by atoms with Gasteiger partial charge in [-0.2, -0.15) is 0 Å². The van der Waals surface area contributed by atoms with Crippen LogP contribution >= 0.6 is 11.8 Å². The van der Waals surface area contributed by atoms with E-state index in [4.69, 9.17) is 0 Å². The molecule has 0 N–H and O–H groups in total. The van der Waals surface area contributed by atoms with E-state index >= 15 is 0 Å². The maximum Gasteiger partial charge on any atom is 0.155 e. The van der Waals surface area contributed by atoms with Gasteiger partial charge in [0.05, 0.1) is 6.20 Å². The molecule has 0 aliphatic carbocycles. The molecule has 1 nitrogen and oxygen atoms in total. The van der Waals surface area contributed by atoms with Gasteiger partial charge in [-0.15, -0.1) is 11.8 Å². The van der Waals surface area contributed by atoms with Crippen molar-refractivity contribution >= 4 is 11.8 Å². The molecule has 1 aromatic heterocycles. The van der Waals surface area contributed by atoms with Crippen molar-refractivity contribution in [2.75, 3.05) is 0 Å². The summed E-state index contributed by atoms with van der Waals surface area (Å²) < 4.78 is 13.2. The molecule has 0 atom stereocenters. The highest BCUT2D eigenvalue weighted by Crippen LogP contribution is 2.24. The third-order valence-corrected chi connectivity index (χ3v) is 3.09. The van der Waals surface area contributed by atoms with Crippen molar-refractivity contribution < 1.29 is 4.39 Å². The monoisotopic (exact) mass is 219 g/mol. The molecular formula is C12H10FNS. The van der Waals surface area contributed by atoms with Gasteiger partial charge in [0.1, 0.15) is 0 Å². The van der Waals surface area contributed by atoms with Crippen LogP contribution in [0.4, 0.5) is 4.39 Å². The van der Waals surface area contributed by atoms with Crippen LogP contribution in [-0.4, -0.2) is 4.98 Å². The Labute approximate surface area is 92.4 Å². The summed E-state index contributed by atoms with van der Waals surface area (Å²) in [5.74, 6) is 0.528. The van der Waals surface area contributed by atoms with Crippen LogP contribution in [0, 0.1) is 5.82 Å². The third-order valence-electron chi connectivity index (χ3n) is 1.97. The Balaban J connectivity index is 2.03. The van der Waals surface area contributed by atoms with Crippen LogP contribution in [0.3, 0.4) is 0 Å². The lowest BCUT2D eigenvalue weighted by molar-refractivity contribution is 0.595. The highest BCUT2D eigenvalue weighted by molar-refractivity contribution is 7.98. The quantitative estimate of drug-likeness (QED) is 0.733. The second-order valence-electron chi connectivity index (χ2n) is 3.08. The Bertz CT molecular complexity index is 431. The summed E-state index contributed by atoms with van der Waals surface area (Å²) in [5.41, 5.74) is 1.19. The molecule has 0 amide bonds. The molecule has 1 aromatic carbocycles. The molecule has 0 saturated heterocycles. The number of hydrogen-bond donors (Lipinski definition) is 0. The Hall–Kier alpha value is -1.35. The normalized spacial score (nSPS) is 10.2. The molecule has 0 aliphatic rings. The molecule has 0 unspecified atom stereocenters. The van der Waals surface area contributed by atoms with E-state index in [0.29, 0.717) is 4.90 Å². The first-order valence-electron chi connectivity index (χ1n) is 4.62. The zero-order valence-corrected chi connectivity index (χ0v) is 8.88. The van der Waals surface area contributed by atoms with Gasteiger partial charge in [0.15, 0.2) is 5.82 Å². The Kier molecular flexibility index (Phi) is 3.35. The summed E-state index contributed by atoms with van der Waals surface area (Å²) in [6, 6.07) is 11.7. The zero-order chi connectivity index (χ0) is 10.5. The van der Waals surface area contributed by atoms with E-state index in [1.165, 1.54) is 23.5 Å². The highest BCUT2D eigenvalue weighted by Gasteiger charge is 2.01. The lowest BCUT2D eigenvalue weighted by Gasteiger charge is -2.02. The van der Waals surface area contributed by atoms with E-state index in [1.807, 2.05) is 30.3 Å². The molecule has 76 valence electrons. The van der Waals surface area contributed by atoms with E-state index < -0.39 is 0 Å². The molecule has 2 aromatic rings. The summed E-state index contributed by atoms with van der Waals surface area (Å²) in [6.45, 7) is 0. The average Bonchev–Trinajstić information content (AvgIpc) is 2.29. The summed E-state index contributed by atoms with van der Waals surface area (Å²) in [7, 11) is 0. The summed E-state index contributed by atoms with van der Waals surface area (Å²) in [5, 5.41) is 0. The topological polar surface area (TPSA) is 12.9 Å². The van der Waals surface area contributed by atoms with Crippen molar-refractivity contribution in [2.45, 2.75) is 10.6 Å². The van der Waals surface area contributed by atoms with Gasteiger partial charge in [-0.3, -0.25) is 4.98 Å². The molecular weight excluding hydrogens is 209 g/mol. The molecule has 0 saturated carbocycles. The van der Waals surface area contributed by atoms with E-state index in [-0.39, 0.29) is 5.82 Å². The molecule has 0 bridgehead atoms. The largest absolute Gasteiger partial charge is 0.262 e. The van der Waals surface area contributed by atoms with Crippen molar-refractivity contribution in [1.82, 2.24) is 4.98 Å². The number of nitrogens with zero attached hydrogens (tertiary/aromatic N) is 1. The molecule has 2 rings (SSSR count). The molecule has 15 heavy (non-hydrogen) atoms. The molecule has 1 heterocycles. The molecule has 0 fully saturated rings. The van der Waals surface area contributed by atoms with E-state index in [2.05, 4.69) is 4.98 Å². The van der Waals surface area contributed by atoms with Crippen molar-refractivity contribution in [3.8, 4) is 0 Å². The Morgan fingerprint density at radius 1 is 1.13 bits per heavy atom. The second-order valence-corrected chi connectivity index (χ2v) is 4.10. The smallest absolute Gasteiger partial charge is 0.155 e.